The fourth-order valence-electron chi connectivity index (χ4n) is 4.80. The van der Waals surface area contributed by atoms with Gasteiger partial charge in [0.15, 0.2) is 0 Å². The average Bonchev–Trinajstić information content (AvgIpc) is 3.00. The molecular weight excluding hydrogens is 574 g/mol. The van der Waals surface area contributed by atoms with Crippen molar-refractivity contribution < 1.29 is 33.8 Å². The van der Waals surface area contributed by atoms with E-state index in [-0.39, 0.29) is 25.3 Å². The Morgan fingerprint density at radius 3 is 2.29 bits per heavy atom. The summed E-state index contributed by atoms with van der Waals surface area (Å²) in [5, 5.41) is 15.1. The lowest BCUT2D eigenvalue weighted by Crippen LogP contribution is -2.54. The fourth-order valence-corrected chi connectivity index (χ4v) is 4.80. The number of benzene rings is 2. The van der Waals surface area contributed by atoms with E-state index in [1.807, 2.05) is 6.07 Å². The second-order valence-corrected chi connectivity index (χ2v) is 11.9. The van der Waals surface area contributed by atoms with E-state index in [1.54, 1.807) is 57.2 Å². The Hall–Kier alpha value is -4.34. The lowest BCUT2D eigenvalue weighted by molar-refractivity contribution is -0.144. The van der Waals surface area contributed by atoms with Gasteiger partial charge >= 0.3 is 12.1 Å². The molecule has 0 aliphatic carbocycles. The lowest BCUT2D eigenvalue weighted by atomic mass is 9.98. The first-order valence-corrected chi connectivity index (χ1v) is 15.5. The molecule has 3 N–H and O–H groups in total. The molecule has 0 saturated carbocycles. The molecule has 0 bridgehead atoms. The number of phenols is 1. The molecule has 0 heterocycles. The summed E-state index contributed by atoms with van der Waals surface area (Å²) in [6.45, 7) is 11.0. The SMILES string of the molecule is C=Cc1cccc(C(C(=O)NCC(=O)OC)N(CCCCCCCC)C(=O)C(Cc2ccc(O)cc2)NC(=O)OC(C)(C)C)c1. The number of hydrogen-bond acceptors (Lipinski definition) is 7. The summed E-state index contributed by atoms with van der Waals surface area (Å²) in [5.74, 6) is -1.63. The summed E-state index contributed by atoms with van der Waals surface area (Å²) >= 11 is 0. The van der Waals surface area contributed by atoms with Crippen LogP contribution in [0.4, 0.5) is 4.79 Å². The van der Waals surface area contributed by atoms with Crippen LogP contribution in [-0.2, 0) is 30.3 Å². The number of esters is 1. The second-order valence-electron chi connectivity index (χ2n) is 11.9. The van der Waals surface area contributed by atoms with Crippen LogP contribution in [0.15, 0.2) is 55.1 Å². The number of ether oxygens (including phenoxy) is 2. The van der Waals surface area contributed by atoms with E-state index in [9.17, 15) is 24.3 Å². The van der Waals surface area contributed by atoms with Crippen molar-refractivity contribution in [2.45, 2.75) is 90.3 Å². The summed E-state index contributed by atoms with van der Waals surface area (Å²) in [5.41, 5.74) is 1.14. The minimum absolute atomic E-state index is 0.0656. The monoisotopic (exact) mass is 623 g/mol. The summed E-state index contributed by atoms with van der Waals surface area (Å²) in [6.07, 6.45) is 6.67. The van der Waals surface area contributed by atoms with Gasteiger partial charge < -0.3 is 30.1 Å². The van der Waals surface area contributed by atoms with Crippen LogP contribution in [0.1, 0.15) is 89.0 Å². The van der Waals surface area contributed by atoms with E-state index < -0.39 is 41.6 Å². The van der Waals surface area contributed by atoms with E-state index in [4.69, 9.17) is 9.47 Å². The van der Waals surface area contributed by atoms with Gasteiger partial charge in [-0.25, -0.2) is 4.79 Å². The molecule has 0 saturated heterocycles. The zero-order valence-corrected chi connectivity index (χ0v) is 27.3. The van der Waals surface area contributed by atoms with Crippen LogP contribution >= 0.6 is 0 Å². The van der Waals surface area contributed by atoms with Gasteiger partial charge in [-0.3, -0.25) is 14.4 Å². The molecule has 2 rings (SSSR count). The van der Waals surface area contributed by atoms with Gasteiger partial charge in [0.25, 0.3) is 0 Å². The molecule has 2 atom stereocenters. The molecule has 246 valence electrons. The third kappa shape index (κ3) is 13.0. The number of amides is 3. The number of carbonyl (C=O) groups is 4. The third-order valence-corrected chi connectivity index (χ3v) is 7.06. The van der Waals surface area contributed by atoms with Gasteiger partial charge in [0.1, 0.15) is 30.0 Å². The molecule has 3 amide bonds. The van der Waals surface area contributed by atoms with Crippen molar-refractivity contribution in [3.05, 3.63) is 71.8 Å². The number of methoxy groups -OCH3 is 1. The molecule has 0 radical (unpaired) electrons. The Morgan fingerprint density at radius 1 is 1.00 bits per heavy atom. The maximum absolute atomic E-state index is 14.6. The molecular formula is C35H49N3O7. The van der Waals surface area contributed by atoms with E-state index >= 15 is 0 Å². The van der Waals surface area contributed by atoms with Crippen molar-refractivity contribution in [3.8, 4) is 5.75 Å². The Bertz CT molecular complexity index is 1270. The number of hydrogen-bond donors (Lipinski definition) is 3. The van der Waals surface area contributed by atoms with Crippen molar-refractivity contribution in [1.82, 2.24) is 15.5 Å². The maximum Gasteiger partial charge on any atom is 0.408 e. The molecule has 0 aliphatic rings. The summed E-state index contributed by atoms with van der Waals surface area (Å²) in [4.78, 5) is 54.8. The van der Waals surface area contributed by atoms with Crippen LogP contribution in [-0.4, -0.2) is 65.7 Å². The van der Waals surface area contributed by atoms with E-state index in [2.05, 4.69) is 24.1 Å². The highest BCUT2D eigenvalue weighted by molar-refractivity contribution is 5.93. The molecule has 10 heteroatoms. The third-order valence-electron chi connectivity index (χ3n) is 7.06. The van der Waals surface area contributed by atoms with Crippen molar-refractivity contribution in [2.24, 2.45) is 0 Å². The normalized spacial score (nSPS) is 12.4. The van der Waals surface area contributed by atoms with Crippen molar-refractivity contribution in [1.29, 1.82) is 0 Å². The first kappa shape index (κ1) is 36.8. The summed E-state index contributed by atoms with van der Waals surface area (Å²) in [6, 6.07) is 11.2. The van der Waals surface area contributed by atoms with Gasteiger partial charge in [0, 0.05) is 13.0 Å². The van der Waals surface area contributed by atoms with E-state index in [0.717, 1.165) is 37.7 Å². The number of unbranched alkanes of at least 4 members (excludes halogenated alkanes) is 5. The zero-order chi connectivity index (χ0) is 33.4. The number of aromatic hydroxyl groups is 1. The quantitative estimate of drug-likeness (QED) is 0.152. The van der Waals surface area contributed by atoms with Gasteiger partial charge in [-0.1, -0.05) is 82.0 Å². The first-order chi connectivity index (χ1) is 21.4. The standard InChI is InChI=1S/C35H49N3O7/c1-7-9-10-11-12-13-21-38(31(32(41)36-24-30(40)44-6)27-16-14-15-25(8-2)22-27)33(42)29(37-34(43)45-35(3,4)5)23-26-17-19-28(39)20-18-26/h8,14-20,22,29,31,39H,2,7,9-13,21,23-24H2,1,3-6H3,(H,36,41)(H,37,43). The van der Waals surface area contributed by atoms with Gasteiger partial charge in [-0.2, -0.15) is 0 Å². The molecule has 10 nitrogen and oxygen atoms in total. The predicted octanol–water partition coefficient (Wildman–Crippen LogP) is 5.69. The number of phenolic OH excluding ortho intramolecular Hbond substituents is 1. The Balaban J connectivity index is 2.58. The Kier molecular flexibility index (Phi) is 15.1. The van der Waals surface area contributed by atoms with Crippen LogP contribution in [0, 0.1) is 0 Å². The van der Waals surface area contributed by atoms with Crippen LogP contribution in [0.5, 0.6) is 5.75 Å². The molecule has 0 aliphatic heterocycles. The number of rotatable bonds is 17. The highest BCUT2D eigenvalue weighted by Crippen LogP contribution is 2.26. The van der Waals surface area contributed by atoms with Crippen LogP contribution in [0.25, 0.3) is 6.08 Å². The smallest absolute Gasteiger partial charge is 0.408 e. The highest BCUT2D eigenvalue weighted by atomic mass is 16.6. The zero-order valence-electron chi connectivity index (χ0n) is 27.3. The number of carbonyl (C=O) groups excluding carboxylic acids is 4. The van der Waals surface area contributed by atoms with Gasteiger partial charge in [0.05, 0.1) is 7.11 Å². The molecule has 0 fully saturated rings. The topological polar surface area (TPSA) is 134 Å². The van der Waals surface area contributed by atoms with E-state index in [0.29, 0.717) is 17.5 Å². The first-order valence-electron chi connectivity index (χ1n) is 15.5. The Morgan fingerprint density at radius 2 is 1.67 bits per heavy atom. The highest BCUT2D eigenvalue weighted by Gasteiger charge is 2.36. The van der Waals surface area contributed by atoms with Gasteiger partial charge in [-0.05, 0) is 62.1 Å². The molecule has 2 aromatic carbocycles. The van der Waals surface area contributed by atoms with Gasteiger partial charge in [-0.15, -0.1) is 0 Å². The average molecular weight is 624 g/mol. The molecule has 2 unspecified atom stereocenters. The number of nitrogens with zero attached hydrogens (tertiary/aromatic N) is 1. The molecule has 2 aromatic rings. The summed E-state index contributed by atoms with van der Waals surface area (Å²) < 4.78 is 10.2. The van der Waals surface area contributed by atoms with Crippen LogP contribution < -0.4 is 10.6 Å². The fraction of sp³-hybridized carbons (Fsp3) is 0.486. The minimum atomic E-state index is -1.12. The van der Waals surface area contributed by atoms with Crippen LogP contribution in [0.3, 0.4) is 0 Å². The van der Waals surface area contributed by atoms with E-state index in [1.165, 1.54) is 24.1 Å². The number of nitrogens with one attached hydrogen (secondary N) is 2. The van der Waals surface area contributed by atoms with Crippen molar-refractivity contribution >= 4 is 30.0 Å². The van der Waals surface area contributed by atoms with Crippen LogP contribution in [0.2, 0.25) is 0 Å². The lowest BCUT2D eigenvalue weighted by Gasteiger charge is -2.35. The van der Waals surface area contributed by atoms with Gasteiger partial charge in [0.2, 0.25) is 11.8 Å². The Labute approximate surface area is 267 Å². The van der Waals surface area contributed by atoms with Crippen molar-refractivity contribution in [2.75, 3.05) is 20.2 Å². The predicted molar refractivity (Wildman–Crippen MR) is 174 cm³/mol. The molecule has 45 heavy (non-hydrogen) atoms. The molecule has 0 aromatic heterocycles. The second kappa shape index (κ2) is 18.5. The van der Waals surface area contributed by atoms with Crippen molar-refractivity contribution in [3.63, 3.8) is 0 Å². The molecule has 0 spiro atoms. The summed E-state index contributed by atoms with van der Waals surface area (Å²) in [7, 11) is 1.23. The number of alkyl carbamates (subject to hydrolysis) is 1. The maximum atomic E-state index is 14.6. The minimum Gasteiger partial charge on any atom is -0.508 e. The largest absolute Gasteiger partial charge is 0.508 e.